The van der Waals surface area contributed by atoms with Crippen molar-refractivity contribution < 1.29 is 19.1 Å². The third-order valence-electron chi connectivity index (χ3n) is 6.00. The van der Waals surface area contributed by atoms with Crippen LogP contribution in [0.15, 0.2) is 60.7 Å². The van der Waals surface area contributed by atoms with Crippen molar-refractivity contribution in [3.63, 3.8) is 0 Å². The van der Waals surface area contributed by atoms with E-state index >= 15 is 0 Å². The molecule has 2 heterocycles. The summed E-state index contributed by atoms with van der Waals surface area (Å²) in [4.78, 5) is 27.8. The number of rotatable bonds is 7. The standard InChI is InChI=1S/C27H25N3O4S/c1-16-4-5-17(2)23(12-16)34-20-10-11-21-22(14-20)30(3)25(28-21)15-33-19-8-6-18(7-9-19)13-24-26(31)29-27(32)35-24/h4-12,14,24H,13,15H2,1-3H3,(H,29,31,32). The van der Waals surface area contributed by atoms with E-state index in [2.05, 4.69) is 17.4 Å². The number of benzene rings is 3. The third kappa shape index (κ3) is 5.02. The number of imidazole rings is 1. The van der Waals surface area contributed by atoms with Crippen LogP contribution >= 0.6 is 11.8 Å². The first-order chi connectivity index (χ1) is 16.9. The van der Waals surface area contributed by atoms with Crippen LogP contribution in [0.2, 0.25) is 0 Å². The lowest BCUT2D eigenvalue weighted by atomic mass is 10.1. The molecule has 0 spiro atoms. The van der Waals surface area contributed by atoms with Crippen molar-refractivity contribution in [2.24, 2.45) is 7.05 Å². The summed E-state index contributed by atoms with van der Waals surface area (Å²) in [5.74, 6) is 2.87. The highest BCUT2D eigenvalue weighted by molar-refractivity contribution is 8.15. The van der Waals surface area contributed by atoms with E-state index in [0.29, 0.717) is 18.8 Å². The Morgan fingerprint density at radius 3 is 2.51 bits per heavy atom. The van der Waals surface area contributed by atoms with Crippen LogP contribution in [-0.2, 0) is 24.9 Å². The lowest BCUT2D eigenvalue weighted by Gasteiger charge is -2.10. The molecule has 0 bridgehead atoms. The van der Waals surface area contributed by atoms with E-state index < -0.39 is 0 Å². The molecule has 1 fully saturated rings. The average molecular weight is 488 g/mol. The molecule has 7 nitrogen and oxygen atoms in total. The summed E-state index contributed by atoms with van der Waals surface area (Å²) in [6.45, 7) is 4.39. The van der Waals surface area contributed by atoms with E-state index in [4.69, 9.17) is 14.5 Å². The topological polar surface area (TPSA) is 82.5 Å². The number of thioether (sulfide) groups is 1. The zero-order valence-corrected chi connectivity index (χ0v) is 20.5. The molecule has 1 aliphatic rings. The fraction of sp³-hybridized carbons (Fsp3) is 0.222. The molecule has 4 aromatic rings. The lowest BCUT2D eigenvalue weighted by molar-refractivity contribution is -0.118. The summed E-state index contributed by atoms with van der Waals surface area (Å²) < 4.78 is 14.1. The second-order valence-electron chi connectivity index (χ2n) is 8.63. The molecule has 1 aliphatic heterocycles. The molecule has 0 saturated carbocycles. The van der Waals surface area contributed by atoms with Gasteiger partial charge in [0.1, 0.15) is 29.7 Å². The maximum absolute atomic E-state index is 11.8. The minimum Gasteiger partial charge on any atom is -0.486 e. The second-order valence-corrected chi connectivity index (χ2v) is 9.80. The summed E-state index contributed by atoms with van der Waals surface area (Å²) >= 11 is 1.04. The van der Waals surface area contributed by atoms with Gasteiger partial charge >= 0.3 is 0 Å². The minimum atomic E-state index is -0.377. The number of amides is 2. The Hall–Kier alpha value is -3.78. The summed E-state index contributed by atoms with van der Waals surface area (Å²) in [6, 6.07) is 19.6. The number of nitrogens with one attached hydrogen (secondary N) is 1. The van der Waals surface area contributed by atoms with Crippen LogP contribution in [0.25, 0.3) is 11.0 Å². The van der Waals surface area contributed by atoms with Crippen LogP contribution in [0.5, 0.6) is 17.2 Å². The largest absolute Gasteiger partial charge is 0.486 e. The van der Waals surface area contributed by atoms with Crippen molar-refractivity contribution in [3.8, 4) is 17.2 Å². The van der Waals surface area contributed by atoms with Crippen molar-refractivity contribution in [1.29, 1.82) is 0 Å². The fourth-order valence-corrected chi connectivity index (χ4v) is 4.83. The molecule has 1 N–H and O–H groups in total. The number of ether oxygens (including phenoxy) is 2. The highest BCUT2D eigenvalue weighted by Gasteiger charge is 2.31. The first-order valence-corrected chi connectivity index (χ1v) is 12.2. The molecule has 0 radical (unpaired) electrons. The Kier molecular flexibility index (Phi) is 6.21. The number of aromatic nitrogens is 2. The van der Waals surface area contributed by atoms with Gasteiger partial charge in [-0.3, -0.25) is 14.9 Å². The van der Waals surface area contributed by atoms with Crippen molar-refractivity contribution in [2.75, 3.05) is 0 Å². The zero-order chi connectivity index (χ0) is 24.5. The van der Waals surface area contributed by atoms with Crippen LogP contribution < -0.4 is 14.8 Å². The van der Waals surface area contributed by atoms with Gasteiger partial charge in [0.15, 0.2) is 0 Å². The van der Waals surface area contributed by atoms with Gasteiger partial charge in [-0.2, -0.15) is 0 Å². The van der Waals surface area contributed by atoms with Gasteiger partial charge in [-0.25, -0.2) is 4.98 Å². The van der Waals surface area contributed by atoms with Crippen LogP contribution in [0.4, 0.5) is 4.79 Å². The van der Waals surface area contributed by atoms with Crippen molar-refractivity contribution >= 4 is 33.9 Å². The summed E-state index contributed by atoms with van der Waals surface area (Å²) in [5, 5.41) is 1.65. The molecule has 1 aromatic heterocycles. The maximum Gasteiger partial charge on any atom is 0.286 e. The van der Waals surface area contributed by atoms with Crippen LogP contribution in [0, 0.1) is 13.8 Å². The molecule has 1 unspecified atom stereocenters. The van der Waals surface area contributed by atoms with Crippen LogP contribution in [0.3, 0.4) is 0 Å². The fourth-order valence-electron chi connectivity index (χ4n) is 3.97. The van der Waals surface area contributed by atoms with Gasteiger partial charge < -0.3 is 14.0 Å². The quantitative estimate of drug-likeness (QED) is 0.373. The van der Waals surface area contributed by atoms with Gasteiger partial charge in [-0.15, -0.1) is 0 Å². The number of hydrogen-bond acceptors (Lipinski definition) is 6. The molecule has 1 saturated heterocycles. The molecule has 8 heteroatoms. The number of nitrogens with zero attached hydrogens (tertiary/aromatic N) is 2. The number of aryl methyl sites for hydroxylation is 3. The lowest BCUT2D eigenvalue weighted by Crippen LogP contribution is -2.25. The summed E-state index contributed by atoms with van der Waals surface area (Å²) in [7, 11) is 1.96. The van der Waals surface area contributed by atoms with E-state index in [-0.39, 0.29) is 16.4 Å². The molecule has 0 aliphatic carbocycles. The van der Waals surface area contributed by atoms with Crippen molar-refractivity contribution in [2.45, 2.75) is 32.1 Å². The molecule has 35 heavy (non-hydrogen) atoms. The normalized spacial score (nSPS) is 15.5. The molecule has 3 aromatic carbocycles. The van der Waals surface area contributed by atoms with Crippen molar-refractivity contribution in [3.05, 3.63) is 83.2 Å². The molecule has 1 atom stereocenters. The van der Waals surface area contributed by atoms with E-state index in [1.807, 2.05) is 74.0 Å². The molecular formula is C27H25N3O4S. The van der Waals surface area contributed by atoms with Gasteiger partial charge in [-0.1, -0.05) is 36.0 Å². The van der Waals surface area contributed by atoms with Gasteiger partial charge in [-0.05, 0) is 67.3 Å². The Bertz CT molecular complexity index is 1430. The number of hydrogen-bond donors (Lipinski definition) is 1. The van der Waals surface area contributed by atoms with Gasteiger partial charge in [0, 0.05) is 13.1 Å². The Morgan fingerprint density at radius 2 is 1.77 bits per heavy atom. The molecule has 5 rings (SSSR count). The number of fused-ring (bicyclic) bond motifs is 1. The Balaban J connectivity index is 1.25. The highest BCUT2D eigenvalue weighted by Crippen LogP contribution is 2.29. The minimum absolute atomic E-state index is 0.232. The first-order valence-electron chi connectivity index (χ1n) is 11.3. The smallest absolute Gasteiger partial charge is 0.286 e. The molecular weight excluding hydrogens is 462 g/mol. The van der Waals surface area contributed by atoms with Gasteiger partial charge in [0.2, 0.25) is 5.91 Å². The predicted molar refractivity (Wildman–Crippen MR) is 136 cm³/mol. The van der Waals surface area contributed by atoms with Crippen LogP contribution in [-0.4, -0.2) is 25.9 Å². The number of carbonyl (C=O) groups excluding carboxylic acids is 2. The SMILES string of the molecule is Cc1ccc(C)c(Oc2ccc3nc(COc4ccc(CC5SC(=O)NC5=O)cc4)n(C)c3c2)c1. The molecule has 178 valence electrons. The van der Waals surface area contributed by atoms with E-state index in [9.17, 15) is 9.59 Å². The Labute approximate surface area is 207 Å². The van der Waals surface area contributed by atoms with E-state index in [1.165, 1.54) is 0 Å². The molecule has 2 amide bonds. The monoisotopic (exact) mass is 487 g/mol. The van der Waals surface area contributed by atoms with E-state index in [0.717, 1.165) is 56.8 Å². The number of imide groups is 1. The summed E-state index contributed by atoms with van der Waals surface area (Å²) in [6.07, 6.45) is 0.500. The predicted octanol–water partition coefficient (Wildman–Crippen LogP) is 5.46. The average Bonchev–Trinajstić information content (AvgIpc) is 3.33. The number of carbonyl (C=O) groups is 2. The maximum atomic E-state index is 11.8. The summed E-state index contributed by atoms with van der Waals surface area (Å²) in [5.41, 5.74) is 5.04. The van der Waals surface area contributed by atoms with Crippen molar-refractivity contribution in [1.82, 2.24) is 14.9 Å². The van der Waals surface area contributed by atoms with E-state index in [1.54, 1.807) is 0 Å². The van der Waals surface area contributed by atoms with Gasteiger partial charge in [0.05, 0.1) is 16.3 Å². The first kappa shape index (κ1) is 23.0. The van der Waals surface area contributed by atoms with Gasteiger partial charge in [0.25, 0.3) is 5.24 Å². The Morgan fingerprint density at radius 1 is 1.00 bits per heavy atom. The third-order valence-corrected chi connectivity index (χ3v) is 6.98. The van der Waals surface area contributed by atoms with Crippen LogP contribution in [0.1, 0.15) is 22.5 Å². The zero-order valence-electron chi connectivity index (χ0n) is 19.7. The second kappa shape index (κ2) is 9.46. The highest BCUT2D eigenvalue weighted by atomic mass is 32.2.